The van der Waals surface area contributed by atoms with Crippen molar-refractivity contribution in [2.24, 2.45) is 0 Å². The van der Waals surface area contributed by atoms with Crippen LogP contribution in [-0.4, -0.2) is 58.0 Å². The number of nitrogens with one attached hydrogen (secondary N) is 1. The molecule has 2 unspecified atom stereocenters. The van der Waals surface area contributed by atoms with Gasteiger partial charge in [0, 0.05) is 30.1 Å². The number of anilines is 1. The van der Waals surface area contributed by atoms with E-state index in [9.17, 15) is 18.0 Å². The van der Waals surface area contributed by atoms with Gasteiger partial charge in [0.25, 0.3) is 10.0 Å². The standard InChI is InChI=1S/C36H40ClN3O6S/c1-5-26(2)38-36(42)32(22-27-14-8-6-9-15-27)39(24-28-16-12-13-19-31(28)37)35(41)25-40(29-17-10-7-11-18-29)47(43,44)30-20-21-33(45-3)34(23-30)46-4/h6-21,23,26,32H,5,22,24-25H2,1-4H3,(H,38,42). The van der Waals surface area contributed by atoms with Crippen LogP contribution in [0.1, 0.15) is 31.4 Å². The minimum absolute atomic E-state index is 0.0248. The molecule has 4 aromatic carbocycles. The number of halogens is 1. The Hall–Kier alpha value is -4.54. The van der Waals surface area contributed by atoms with Crippen molar-refractivity contribution in [3.8, 4) is 11.5 Å². The zero-order valence-electron chi connectivity index (χ0n) is 26.9. The summed E-state index contributed by atoms with van der Waals surface area (Å²) < 4.78 is 40.3. The number of hydrogen-bond acceptors (Lipinski definition) is 6. The number of benzene rings is 4. The quantitative estimate of drug-likeness (QED) is 0.163. The van der Waals surface area contributed by atoms with Crippen LogP contribution in [-0.2, 0) is 32.6 Å². The molecule has 0 bridgehead atoms. The number of para-hydroxylation sites is 1. The van der Waals surface area contributed by atoms with E-state index in [0.717, 1.165) is 9.87 Å². The predicted octanol–water partition coefficient (Wildman–Crippen LogP) is 6.11. The van der Waals surface area contributed by atoms with Crippen molar-refractivity contribution in [2.45, 2.75) is 50.2 Å². The smallest absolute Gasteiger partial charge is 0.264 e. The highest BCUT2D eigenvalue weighted by atomic mass is 35.5. The Bertz CT molecular complexity index is 1760. The van der Waals surface area contributed by atoms with Crippen LogP contribution in [0.15, 0.2) is 108 Å². The Morgan fingerprint density at radius 2 is 1.47 bits per heavy atom. The number of amides is 2. The molecule has 0 heterocycles. The summed E-state index contributed by atoms with van der Waals surface area (Å²) in [5.74, 6) is -0.357. The van der Waals surface area contributed by atoms with Crippen molar-refractivity contribution in [1.82, 2.24) is 10.2 Å². The first-order chi connectivity index (χ1) is 22.6. The van der Waals surface area contributed by atoms with E-state index in [0.29, 0.717) is 22.8 Å². The molecular weight excluding hydrogens is 638 g/mol. The van der Waals surface area contributed by atoms with Crippen molar-refractivity contribution in [3.05, 3.63) is 119 Å². The first kappa shape index (κ1) is 35.3. The van der Waals surface area contributed by atoms with Crippen molar-refractivity contribution >= 4 is 39.1 Å². The second-order valence-electron chi connectivity index (χ2n) is 11.0. The van der Waals surface area contributed by atoms with E-state index >= 15 is 0 Å². The van der Waals surface area contributed by atoms with E-state index in [1.54, 1.807) is 54.6 Å². The van der Waals surface area contributed by atoms with Gasteiger partial charge in [0.15, 0.2) is 11.5 Å². The third-order valence-electron chi connectivity index (χ3n) is 7.84. The highest BCUT2D eigenvalue weighted by Gasteiger charge is 2.35. The fourth-order valence-electron chi connectivity index (χ4n) is 5.03. The van der Waals surface area contributed by atoms with Crippen molar-refractivity contribution < 1.29 is 27.5 Å². The Labute approximate surface area is 282 Å². The Morgan fingerprint density at radius 3 is 2.09 bits per heavy atom. The van der Waals surface area contributed by atoms with Crippen molar-refractivity contribution in [1.29, 1.82) is 0 Å². The summed E-state index contributed by atoms with van der Waals surface area (Å²) in [5.41, 5.74) is 1.73. The zero-order chi connectivity index (χ0) is 34.0. The highest BCUT2D eigenvalue weighted by Crippen LogP contribution is 2.32. The van der Waals surface area contributed by atoms with Gasteiger partial charge in [-0.25, -0.2) is 8.42 Å². The SMILES string of the molecule is CCC(C)NC(=O)C(Cc1ccccc1)N(Cc1ccccc1Cl)C(=O)CN(c1ccccc1)S(=O)(=O)c1ccc(OC)c(OC)c1. The molecule has 4 rings (SSSR count). The lowest BCUT2D eigenvalue weighted by molar-refractivity contribution is -0.140. The van der Waals surface area contributed by atoms with Gasteiger partial charge in [-0.2, -0.15) is 0 Å². The normalized spacial score (nSPS) is 12.4. The Kier molecular flexibility index (Phi) is 12.3. The number of nitrogens with zero attached hydrogens (tertiary/aromatic N) is 2. The summed E-state index contributed by atoms with van der Waals surface area (Å²) in [7, 11) is -1.46. The Balaban J connectivity index is 1.82. The van der Waals surface area contributed by atoms with Gasteiger partial charge in [0.05, 0.1) is 24.8 Å². The summed E-state index contributed by atoms with van der Waals surface area (Å²) in [6.45, 7) is 3.24. The second kappa shape index (κ2) is 16.3. The average Bonchev–Trinajstić information content (AvgIpc) is 3.09. The molecule has 1 N–H and O–H groups in total. The first-order valence-corrected chi connectivity index (χ1v) is 17.1. The lowest BCUT2D eigenvalue weighted by Gasteiger charge is -2.34. The topological polar surface area (TPSA) is 105 Å². The molecule has 2 atom stereocenters. The fourth-order valence-corrected chi connectivity index (χ4v) is 6.66. The lowest BCUT2D eigenvalue weighted by atomic mass is 10.0. The monoisotopic (exact) mass is 677 g/mol. The summed E-state index contributed by atoms with van der Waals surface area (Å²) in [6, 6.07) is 27.9. The molecule has 0 aliphatic carbocycles. The van der Waals surface area contributed by atoms with Gasteiger partial charge in [0.2, 0.25) is 11.8 Å². The van der Waals surface area contributed by atoms with Crippen LogP contribution in [0, 0.1) is 0 Å². The van der Waals surface area contributed by atoms with Gasteiger partial charge < -0.3 is 19.7 Å². The largest absolute Gasteiger partial charge is 0.493 e. The second-order valence-corrected chi connectivity index (χ2v) is 13.3. The van der Waals surface area contributed by atoms with Gasteiger partial charge in [0.1, 0.15) is 12.6 Å². The third-order valence-corrected chi connectivity index (χ3v) is 9.98. The van der Waals surface area contributed by atoms with Crippen molar-refractivity contribution in [3.63, 3.8) is 0 Å². The molecule has 0 spiro atoms. The molecule has 0 aliphatic rings. The van der Waals surface area contributed by atoms with Crippen LogP contribution in [0.3, 0.4) is 0 Å². The molecule has 4 aromatic rings. The Morgan fingerprint density at radius 1 is 0.851 bits per heavy atom. The molecule has 0 aromatic heterocycles. The molecule has 47 heavy (non-hydrogen) atoms. The number of methoxy groups -OCH3 is 2. The zero-order valence-corrected chi connectivity index (χ0v) is 28.5. The van der Waals surface area contributed by atoms with E-state index in [4.69, 9.17) is 21.1 Å². The molecule has 248 valence electrons. The summed E-state index contributed by atoms with van der Waals surface area (Å²) in [4.78, 5) is 29.9. The summed E-state index contributed by atoms with van der Waals surface area (Å²) in [6.07, 6.45) is 0.890. The molecule has 0 fully saturated rings. The highest BCUT2D eigenvalue weighted by molar-refractivity contribution is 7.92. The summed E-state index contributed by atoms with van der Waals surface area (Å²) >= 11 is 6.56. The van der Waals surface area contributed by atoms with Crippen LogP contribution < -0.4 is 19.1 Å². The molecule has 0 aliphatic heterocycles. The van der Waals surface area contributed by atoms with E-state index in [1.807, 2.05) is 44.2 Å². The molecule has 0 radical (unpaired) electrons. The molecule has 0 saturated heterocycles. The summed E-state index contributed by atoms with van der Waals surface area (Å²) in [5, 5.41) is 3.45. The van der Waals surface area contributed by atoms with E-state index in [-0.39, 0.29) is 41.2 Å². The van der Waals surface area contributed by atoms with Gasteiger partial charge in [-0.3, -0.25) is 13.9 Å². The minimum atomic E-state index is -4.33. The number of ether oxygens (including phenoxy) is 2. The maximum absolute atomic E-state index is 14.6. The van der Waals surface area contributed by atoms with Crippen molar-refractivity contribution in [2.75, 3.05) is 25.1 Å². The first-order valence-electron chi connectivity index (χ1n) is 15.3. The van der Waals surface area contributed by atoms with Crippen LogP contribution in [0.4, 0.5) is 5.69 Å². The molecule has 2 amide bonds. The molecule has 11 heteroatoms. The van der Waals surface area contributed by atoms with E-state index in [2.05, 4.69) is 5.32 Å². The number of hydrogen-bond donors (Lipinski definition) is 1. The van der Waals surface area contributed by atoms with Gasteiger partial charge in [-0.05, 0) is 54.8 Å². The minimum Gasteiger partial charge on any atom is -0.493 e. The van der Waals surface area contributed by atoms with Gasteiger partial charge in [-0.1, -0.05) is 85.3 Å². The van der Waals surface area contributed by atoms with Crippen LogP contribution >= 0.6 is 11.6 Å². The van der Waals surface area contributed by atoms with E-state index < -0.39 is 28.5 Å². The third kappa shape index (κ3) is 8.84. The molecule has 0 saturated carbocycles. The van der Waals surface area contributed by atoms with Gasteiger partial charge >= 0.3 is 0 Å². The number of sulfonamides is 1. The molecular formula is C36H40ClN3O6S. The number of carbonyl (C=O) groups is 2. The van der Waals surface area contributed by atoms with Crippen LogP contribution in [0.5, 0.6) is 11.5 Å². The van der Waals surface area contributed by atoms with Crippen LogP contribution in [0.25, 0.3) is 0 Å². The van der Waals surface area contributed by atoms with Gasteiger partial charge in [-0.15, -0.1) is 0 Å². The average molecular weight is 678 g/mol. The lowest BCUT2D eigenvalue weighted by Crippen LogP contribution is -2.54. The maximum atomic E-state index is 14.6. The predicted molar refractivity (Wildman–Crippen MR) is 184 cm³/mol. The van der Waals surface area contributed by atoms with E-state index in [1.165, 1.54) is 37.3 Å². The maximum Gasteiger partial charge on any atom is 0.264 e. The molecule has 9 nitrogen and oxygen atoms in total. The van der Waals surface area contributed by atoms with Crippen LogP contribution in [0.2, 0.25) is 5.02 Å². The number of rotatable bonds is 15. The number of carbonyl (C=O) groups excluding carboxylic acids is 2. The fraction of sp³-hybridized carbons (Fsp3) is 0.278.